The Hall–Kier alpha value is -2.28. The van der Waals surface area contributed by atoms with E-state index in [2.05, 4.69) is 45.1 Å². The van der Waals surface area contributed by atoms with E-state index < -0.39 is 0 Å². The molecule has 130 valence electrons. The summed E-state index contributed by atoms with van der Waals surface area (Å²) in [5.41, 5.74) is 2.28. The smallest absolute Gasteiger partial charge is 0.263 e. The van der Waals surface area contributed by atoms with Crippen molar-refractivity contribution in [1.29, 1.82) is 5.26 Å². The summed E-state index contributed by atoms with van der Waals surface area (Å²) in [6, 6.07) is 10.0. The number of amides is 1. The maximum atomic E-state index is 12.4. The van der Waals surface area contributed by atoms with Gasteiger partial charge in [-0.25, -0.2) is 0 Å². The standard InChI is InChI=1S/C20H29N3O/c1-7-16-9-11-17(12-10-16)15(3)22-19(24)18(13-21)14-23(8-2)20(4,5)6/h9-12,14-15H,7-8H2,1-6H3,(H,22,24)/b18-14-. The van der Waals surface area contributed by atoms with Crippen molar-refractivity contribution in [1.82, 2.24) is 10.2 Å². The lowest BCUT2D eigenvalue weighted by atomic mass is 10.0. The molecule has 0 radical (unpaired) electrons. The molecule has 1 N–H and O–H groups in total. The van der Waals surface area contributed by atoms with Gasteiger partial charge in [-0.1, -0.05) is 31.2 Å². The highest BCUT2D eigenvalue weighted by Crippen LogP contribution is 2.17. The van der Waals surface area contributed by atoms with Crippen LogP contribution in [0, 0.1) is 11.3 Å². The van der Waals surface area contributed by atoms with E-state index in [0.717, 1.165) is 18.5 Å². The van der Waals surface area contributed by atoms with Crippen molar-refractivity contribution in [2.24, 2.45) is 0 Å². The van der Waals surface area contributed by atoms with Crippen LogP contribution in [0.5, 0.6) is 0 Å². The zero-order valence-corrected chi connectivity index (χ0v) is 15.7. The molecular formula is C20H29N3O. The Kier molecular flexibility index (Phi) is 7.03. The van der Waals surface area contributed by atoms with Gasteiger partial charge in [0.15, 0.2) is 0 Å². The van der Waals surface area contributed by atoms with Gasteiger partial charge in [0.25, 0.3) is 5.91 Å². The van der Waals surface area contributed by atoms with Gasteiger partial charge in [0.2, 0.25) is 0 Å². The molecule has 0 spiro atoms. The summed E-state index contributed by atoms with van der Waals surface area (Å²) < 4.78 is 0. The van der Waals surface area contributed by atoms with Crippen LogP contribution in [0.3, 0.4) is 0 Å². The number of rotatable bonds is 6. The van der Waals surface area contributed by atoms with Crippen LogP contribution in [-0.4, -0.2) is 22.9 Å². The lowest BCUT2D eigenvalue weighted by molar-refractivity contribution is -0.117. The molecule has 0 aliphatic heterocycles. The molecule has 0 heterocycles. The second kappa shape index (κ2) is 8.54. The second-order valence-corrected chi connectivity index (χ2v) is 6.90. The molecule has 1 aromatic carbocycles. The fraction of sp³-hybridized carbons (Fsp3) is 0.500. The number of hydrogen-bond acceptors (Lipinski definition) is 3. The zero-order valence-electron chi connectivity index (χ0n) is 15.7. The molecule has 0 aliphatic rings. The third-order valence-electron chi connectivity index (χ3n) is 4.09. The van der Waals surface area contributed by atoms with Gasteiger partial charge in [-0.2, -0.15) is 5.26 Å². The monoisotopic (exact) mass is 327 g/mol. The van der Waals surface area contributed by atoms with Gasteiger partial charge >= 0.3 is 0 Å². The van der Waals surface area contributed by atoms with Crippen molar-refractivity contribution in [2.75, 3.05) is 6.54 Å². The molecule has 4 nitrogen and oxygen atoms in total. The molecule has 1 atom stereocenters. The van der Waals surface area contributed by atoms with Crippen molar-refractivity contribution in [3.63, 3.8) is 0 Å². The summed E-state index contributed by atoms with van der Waals surface area (Å²) in [6.07, 6.45) is 2.64. The minimum absolute atomic E-state index is 0.129. The van der Waals surface area contributed by atoms with E-state index in [4.69, 9.17) is 0 Å². The van der Waals surface area contributed by atoms with Gasteiger partial charge in [0, 0.05) is 18.3 Å². The Labute approximate surface area is 146 Å². The summed E-state index contributed by atoms with van der Waals surface area (Å²) in [6.45, 7) is 12.9. The van der Waals surface area contributed by atoms with Crippen LogP contribution < -0.4 is 5.32 Å². The quantitative estimate of drug-likeness (QED) is 0.636. The summed E-state index contributed by atoms with van der Waals surface area (Å²) in [7, 11) is 0. The number of benzene rings is 1. The van der Waals surface area contributed by atoms with Crippen LogP contribution in [-0.2, 0) is 11.2 Å². The maximum Gasteiger partial charge on any atom is 0.263 e. The molecule has 0 saturated heterocycles. The number of nitrogens with zero attached hydrogens (tertiary/aromatic N) is 2. The van der Waals surface area contributed by atoms with Gasteiger partial charge in [0.05, 0.1) is 6.04 Å². The van der Waals surface area contributed by atoms with Gasteiger partial charge in [-0.3, -0.25) is 4.79 Å². The van der Waals surface area contributed by atoms with E-state index in [1.54, 1.807) is 6.20 Å². The van der Waals surface area contributed by atoms with Crippen molar-refractivity contribution >= 4 is 5.91 Å². The average molecular weight is 327 g/mol. The van der Waals surface area contributed by atoms with Crippen LogP contribution in [0.4, 0.5) is 0 Å². The minimum Gasteiger partial charge on any atom is -0.372 e. The van der Waals surface area contributed by atoms with Crippen LogP contribution >= 0.6 is 0 Å². The molecule has 0 saturated carbocycles. The summed E-state index contributed by atoms with van der Waals surface area (Å²) >= 11 is 0. The van der Waals surface area contributed by atoms with Crippen molar-refractivity contribution < 1.29 is 4.79 Å². The Morgan fingerprint density at radius 1 is 1.29 bits per heavy atom. The Bertz CT molecular complexity index is 618. The molecule has 1 unspecified atom stereocenters. The first-order valence-corrected chi connectivity index (χ1v) is 8.51. The van der Waals surface area contributed by atoms with Gasteiger partial charge in [0.1, 0.15) is 11.6 Å². The third-order valence-corrected chi connectivity index (χ3v) is 4.09. The Morgan fingerprint density at radius 2 is 1.88 bits per heavy atom. The summed E-state index contributed by atoms with van der Waals surface area (Å²) in [4.78, 5) is 14.4. The molecule has 0 aliphatic carbocycles. The average Bonchev–Trinajstić information content (AvgIpc) is 2.54. The highest BCUT2D eigenvalue weighted by molar-refractivity contribution is 5.97. The van der Waals surface area contributed by atoms with E-state index in [9.17, 15) is 10.1 Å². The predicted molar refractivity (Wildman–Crippen MR) is 98.2 cm³/mol. The third kappa shape index (κ3) is 5.42. The van der Waals surface area contributed by atoms with E-state index in [1.165, 1.54) is 5.56 Å². The summed E-state index contributed by atoms with van der Waals surface area (Å²) in [5, 5.41) is 12.3. The van der Waals surface area contributed by atoms with Crippen molar-refractivity contribution in [3.05, 3.63) is 47.2 Å². The molecule has 0 fully saturated rings. The van der Waals surface area contributed by atoms with Crippen molar-refractivity contribution in [2.45, 2.75) is 59.5 Å². The molecule has 0 aromatic heterocycles. The first kappa shape index (κ1) is 19.8. The molecule has 1 amide bonds. The fourth-order valence-corrected chi connectivity index (χ4v) is 2.45. The second-order valence-electron chi connectivity index (χ2n) is 6.90. The molecule has 24 heavy (non-hydrogen) atoms. The topological polar surface area (TPSA) is 56.1 Å². The van der Waals surface area contributed by atoms with Crippen LogP contribution in [0.2, 0.25) is 0 Å². The van der Waals surface area contributed by atoms with Crippen LogP contribution in [0.1, 0.15) is 58.7 Å². The van der Waals surface area contributed by atoms with E-state index >= 15 is 0 Å². The molecule has 1 rings (SSSR count). The largest absolute Gasteiger partial charge is 0.372 e. The van der Waals surface area contributed by atoms with E-state index in [-0.39, 0.29) is 23.1 Å². The lowest BCUT2D eigenvalue weighted by Gasteiger charge is -2.34. The molecule has 1 aromatic rings. The first-order valence-electron chi connectivity index (χ1n) is 8.51. The highest BCUT2D eigenvalue weighted by atomic mass is 16.1. The van der Waals surface area contributed by atoms with E-state index in [1.807, 2.05) is 36.9 Å². The number of carbonyl (C=O) groups excluding carboxylic acids is 1. The number of aryl methyl sites for hydroxylation is 1. The van der Waals surface area contributed by atoms with Gasteiger partial charge in [-0.05, 0) is 52.2 Å². The van der Waals surface area contributed by atoms with Gasteiger partial charge in [-0.15, -0.1) is 0 Å². The maximum absolute atomic E-state index is 12.4. The Morgan fingerprint density at radius 3 is 2.29 bits per heavy atom. The summed E-state index contributed by atoms with van der Waals surface area (Å²) in [5.74, 6) is -0.340. The number of hydrogen-bond donors (Lipinski definition) is 1. The highest BCUT2D eigenvalue weighted by Gasteiger charge is 2.20. The minimum atomic E-state index is -0.340. The SMILES string of the molecule is CCc1ccc(C(C)NC(=O)/C(C#N)=C\N(CC)C(C)(C)C)cc1. The van der Waals surface area contributed by atoms with Crippen LogP contribution in [0.15, 0.2) is 36.0 Å². The van der Waals surface area contributed by atoms with Gasteiger partial charge < -0.3 is 10.2 Å². The fourth-order valence-electron chi connectivity index (χ4n) is 2.45. The number of carbonyl (C=O) groups is 1. The number of nitrogens with one attached hydrogen (secondary N) is 1. The predicted octanol–water partition coefficient (Wildman–Crippen LogP) is 3.95. The van der Waals surface area contributed by atoms with E-state index in [0.29, 0.717) is 0 Å². The van der Waals surface area contributed by atoms with Crippen molar-refractivity contribution in [3.8, 4) is 6.07 Å². The molecule has 0 bridgehead atoms. The first-order chi connectivity index (χ1) is 11.2. The molecular weight excluding hydrogens is 298 g/mol. The molecule has 4 heteroatoms. The normalized spacial score (nSPS) is 13.1. The Balaban J connectivity index is 2.88. The number of nitriles is 1. The lowest BCUT2D eigenvalue weighted by Crippen LogP contribution is -2.38. The zero-order chi connectivity index (χ0) is 18.3. The van der Waals surface area contributed by atoms with Crippen LogP contribution in [0.25, 0.3) is 0 Å².